The van der Waals surface area contributed by atoms with Gasteiger partial charge in [-0.1, -0.05) is 13.0 Å². The number of para-hydroxylation sites is 1. The van der Waals surface area contributed by atoms with Crippen molar-refractivity contribution in [3.05, 3.63) is 23.8 Å². The molecular formula is C13H18N2O3. The number of aliphatic hydroxyl groups is 1. The van der Waals surface area contributed by atoms with E-state index in [0.717, 1.165) is 13.0 Å². The monoisotopic (exact) mass is 250 g/mol. The molecule has 0 spiro atoms. The predicted molar refractivity (Wildman–Crippen MR) is 69.8 cm³/mol. The van der Waals surface area contributed by atoms with Crippen LogP contribution >= 0.6 is 0 Å². The summed E-state index contributed by atoms with van der Waals surface area (Å²) in [5.41, 5.74) is 6.97. The molecule has 0 saturated carbocycles. The molecule has 0 bridgehead atoms. The van der Waals surface area contributed by atoms with E-state index in [9.17, 15) is 9.90 Å². The van der Waals surface area contributed by atoms with Gasteiger partial charge in [0.05, 0.1) is 23.0 Å². The zero-order valence-corrected chi connectivity index (χ0v) is 10.3. The number of nitrogen functional groups attached to an aromatic ring is 1. The average Bonchev–Trinajstić information content (AvgIpc) is 2.33. The number of carboxylic acids is 1. The van der Waals surface area contributed by atoms with Crippen LogP contribution in [0.4, 0.5) is 11.4 Å². The first kappa shape index (κ1) is 12.7. The van der Waals surface area contributed by atoms with Crippen LogP contribution in [0.3, 0.4) is 0 Å². The molecule has 1 heterocycles. The number of aliphatic hydroxyl groups excluding tert-OH is 1. The Morgan fingerprint density at radius 2 is 2.22 bits per heavy atom. The number of nitrogens with zero attached hydrogens (tertiary/aromatic N) is 1. The topological polar surface area (TPSA) is 86.8 Å². The molecule has 5 heteroatoms. The maximum absolute atomic E-state index is 11.0. The largest absolute Gasteiger partial charge is 0.478 e. The van der Waals surface area contributed by atoms with E-state index in [-0.39, 0.29) is 17.2 Å². The molecule has 2 rings (SSSR count). The van der Waals surface area contributed by atoms with Gasteiger partial charge >= 0.3 is 5.97 Å². The number of β-amino-alcohol motifs (C(OH)–C–C–N with tert-alkyl or cyclic N) is 1. The van der Waals surface area contributed by atoms with E-state index in [1.54, 1.807) is 12.1 Å². The summed E-state index contributed by atoms with van der Waals surface area (Å²) in [6.45, 7) is 3.29. The lowest BCUT2D eigenvalue weighted by Crippen LogP contribution is -2.43. The first-order valence-corrected chi connectivity index (χ1v) is 6.05. The third-order valence-electron chi connectivity index (χ3n) is 3.57. The Morgan fingerprint density at radius 1 is 1.50 bits per heavy atom. The second-order valence-corrected chi connectivity index (χ2v) is 4.82. The molecule has 1 aliphatic rings. The van der Waals surface area contributed by atoms with Gasteiger partial charge in [-0.15, -0.1) is 0 Å². The number of benzene rings is 1. The molecule has 1 aromatic carbocycles. The normalized spacial score (nSPS) is 24.0. The number of carboxylic acid groups (broad SMARTS) is 1. The fourth-order valence-corrected chi connectivity index (χ4v) is 2.28. The molecule has 1 saturated heterocycles. The van der Waals surface area contributed by atoms with Crippen molar-refractivity contribution in [3.63, 3.8) is 0 Å². The highest BCUT2D eigenvalue weighted by atomic mass is 16.4. The van der Waals surface area contributed by atoms with Gasteiger partial charge < -0.3 is 20.8 Å². The van der Waals surface area contributed by atoms with Crippen molar-refractivity contribution in [1.82, 2.24) is 0 Å². The molecule has 2 atom stereocenters. The summed E-state index contributed by atoms with van der Waals surface area (Å²) in [6, 6.07) is 4.97. The van der Waals surface area contributed by atoms with Gasteiger partial charge in [0.15, 0.2) is 0 Å². The van der Waals surface area contributed by atoms with E-state index in [1.165, 1.54) is 6.07 Å². The van der Waals surface area contributed by atoms with Crippen LogP contribution in [0.5, 0.6) is 0 Å². The van der Waals surface area contributed by atoms with E-state index in [4.69, 9.17) is 10.8 Å². The molecule has 5 nitrogen and oxygen atoms in total. The quantitative estimate of drug-likeness (QED) is 0.686. The highest BCUT2D eigenvalue weighted by molar-refractivity contribution is 5.97. The van der Waals surface area contributed by atoms with Crippen molar-refractivity contribution >= 4 is 17.3 Å². The highest BCUT2D eigenvalue weighted by Gasteiger charge is 2.26. The maximum Gasteiger partial charge on any atom is 0.337 e. The molecule has 2 unspecified atom stereocenters. The number of hydrogen-bond acceptors (Lipinski definition) is 4. The Labute approximate surface area is 106 Å². The summed E-state index contributed by atoms with van der Waals surface area (Å²) in [5.74, 6) is -0.759. The number of carbonyl (C=O) groups is 1. The van der Waals surface area contributed by atoms with E-state index < -0.39 is 12.1 Å². The minimum atomic E-state index is -1.03. The fourth-order valence-electron chi connectivity index (χ4n) is 2.28. The molecule has 1 fully saturated rings. The minimum absolute atomic E-state index is 0.112. The van der Waals surface area contributed by atoms with Crippen LogP contribution in [0.15, 0.2) is 18.2 Å². The summed E-state index contributed by atoms with van der Waals surface area (Å²) < 4.78 is 0. The second-order valence-electron chi connectivity index (χ2n) is 4.82. The van der Waals surface area contributed by atoms with Gasteiger partial charge in [-0.3, -0.25) is 0 Å². The third kappa shape index (κ3) is 2.26. The molecular weight excluding hydrogens is 232 g/mol. The van der Waals surface area contributed by atoms with Crippen molar-refractivity contribution in [2.24, 2.45) is 5.92 Å². The lowest BCUT2D eigenvalue weighted by atomic mass is 9.95. The summed E-state index contributed by atoms with van der Waals surface area (Å²) >= 11 is 0. The van der Waals surface area contributed by atoms with Crippen molar-refractivity contribution in [2.75, 3.05) is 23.7 Å². The zero-order valence-electron chi connectivity index (χ0n) is 10.3. The number of aromatic carboxylic acids is 1. The van der Waals surface area contributed by atoms with Crippen molar-refractivity contribution in [1.29, 1.82) is 0 Å². The smallest absolute Gasteiger partial charge is 0.337 e. The minimum Gasteiger partial charge on any atom is -0.478 e. The Balaban J connectivity index is 2.29. The molecule has 0 aromatic heterocycles. The van der Waals surface area contributed by atoms with Crippen LogP contribution in [-0.4, -0.2) is 35.4 Å². The van der Waals surface area contributed by atoms with Gasteiger partial charge in [0.1, 0.15) is 0 Å². The van der Waals surface area contributed by atoms with Crippen molar-refractivity contribution < 1.29 is 15.0 Å². The summed E-state index contributed by atoms with van der Waals surface area (Å²) in [5, 5.41) is 18.9. The summed E-state index contributed by atoms with van der Waals surface area (Å²) in [4.78, 5) is 13.0. The third-order valence-corrected chi connectivity index (χ3v) is 3.57. The SMILES string of the molecule is CC1CCN(c2cccc(C(=O)O)c2N)CC1O. The number of anilines is 2. The van der Waals surface area contributed by atoms with Gasteiger partial charge in [-0.2, -0.15) is 0 Å². The van der Waals surface area contributed by atoms with Gasteiger partial charge in [0.25, 0.3) is 0 Å². The standard InChI is InChI=1S/C13H18N2O3/c1-8-5-6-15(7-11(8)16)10-4-2-3-9(12(10)14)13(17)18/h2-4,8,11,16H,5-7,14H2,1H3,(H,17,18). The first-order valence-electron chi connectivity index (χ1n) is 6.05. The van der Waals surface area contributed by atoms with E-state index in [0.29, 0.717) is 12.2 Å². The Morgan fingerprint density at radius 3 is 2.83 bits per heavy atom. The summed E-state index contributed by atoms with van der Waals surface area (Å²) in [7, 11) is 0. The predicted octanol–water partition coefficient (Wildman–Crippen LogP) is 1.17. The van der Waals surface area contributed by atoms with Crippen LogP contribution in [0.2, 0.25) is 0 Å². The van der Waals surface area contributed by atoms with Crippen molar-refractivity contribution in [2.45, 2.75) is 19.4 Å². The first-order chi connectivity index (χ1) is 8.50. The Kier molecular flexibility index (Phi) is 3.43. The molecule has 1 aliphatic heterocycles. The van der Waals surface area contributed by atoms with Crippen molar-refractivity contribution in [3.8, 4) is 0 Å². The number of nitrogens with two attached hydrogens (primary N) is 1. The molecule has 98 valence electrons. The lowest BCUT2D eigenvalue weighted by Gasteiger charge is -2.36. The Bertz CT molecular complexity index is 462. The van der Waals surface area contributed by atoms with Gasteiger partial charge in [0, 0.05) is 13.1 Å². The van der Waals surface area contributed by atoms with Gasteiger partial charge in [0.2, 0.25) is 0 Å². The van der Waals surface area contributed by atoms with Crippen LogP contribution in [0.1, 0.15) is 23.7 Å². The van der Waals surface area contributed by atoms with E-state index >= 15 is 0 Å². The highest BCUT2D eigenvalue weighted by Crippen LogP contribution is 2.30. The summed E-state index contributed by atoms with van der Waals surface area (Å²) in [6.07, 6.45) is 0.476. The van der Waals surface area contributed by atoms with E-state index in [2.05, 4.69) is 0 Å². The second kappa shape index (κ2) is 4.86. The molecule has 0 amide bonds. The number of hydrogen-bond donors (Lipinski definition) is 3. The zero-order chi connectivity index (χ0) is 13.3. The molecule has 0 aliphatic carbocycles. The molecule has 4 N–H and O–H groups in total. The van der Waals surface area contributed by atoms with Gasteiger partial charge in [-0.25, -0.2) is 4.79 Å². The number of rotatable bonds is 2. The maximum atomic E-state index is 11.0. The molecule has 18 heavy (non-hydrogen) atoms. The van der Waals surface area contributed by atoms with Crippen LogP contribution in [-0.2, 0) is 0 Å². The molecule has 1 aromatic rings. The average molecular weight is 250 g/mol. The van der Waals surface area contributed by atoms with E-state index in [1.807, 2.05) is 11.8 Å². The number of piperidine rings is 1. The lowest BCUT2D eigenvalue weighted by molar-refractivity contribution is 0.0698. The van der Waals surface area contributed by atoms with Crippen LogP contribution in [0.25, 0.3) is 0 Å². The van der Waals surface area contributed by atoms with Crippen LogP contribution in [0, 0.1) is 5.92 Å². The Hall–Kier alpha value is -1.75. The molecule has 0 radical (unpaired) electrons. The van der Waals surface area contributed by atoms with Crippen LogP contribution < -0.4 is 10.6 Å². The fraction of sp³-hybridized carbons (Fsp3) is 0.462. The van der Waals surface area contributed by atoms with Gasteiger partial charge in [-0.05, 0) is 24.5 Å².